The molecule has 0 atom stereocenters. The summed E-state index contributed by atoms with van der Waals surface area (Å²) in [7, 11) is -0.637. The van der Waals surface area contributed by atoms with Crippen LogP contribution in [0.25, 0.3) is 11.8 Å². The zero-order valence-electron chi connectivity index (χ0n) is 17.0. The number of aromatic nitrogens is 3. The number of nitrogens with one attached hydrogen (secondary N) is 1. The van der Waals surface area contributed by atoms with Crippen LogP contribution in [-0.2, 0) is 14.6 Å². The molecule has 0 saturated heterocycles. The topological polar surface area (TPSA) is 136 Å². The minimum Gasteiger partial charge on any atom is -0.495 e. The van der Waals surface area contributed by atoms with Crippen LogP contribution in [0.3, 0.4) is 0 Å². The van der Waals surface area contributed by atoms with Gasteiger partial charge in [-0.25, -0.2) is 8.42 Å². The summed E-state index contributed by atoms with van der Waals surface area (Å²) in [4.78, 5) is 16.3. The van der Waals surface area contributed by atoms with Crippen molar-refractivity contribution in [3.05, 3.63) is 46.8 Å². The Balaban J connectivity index is 1.95. The van der Waals surface area contributed by atoms with Gasteiger partial charge in [-0.15, -0.1) is 0 Å². The zero-order valence-corrected chi connectivity index (χ0v) is 19.4. The van der Waals surface area contributed by atoms with Gasteiger partial charge >= 0.3 is 0 Å². The molecule has 166 valence electrons. The highest BCUT2D eigenvalue weighted by atomic mass is 35.5. The molecule has 3 rings (SSSR count). The van der Waals surface area contributed by atoms with E-state index in [1.807, 2.05) is 6.07 Å². The number of nitriles is 1. The number of carbonyl (C=O) groups is 1. The van der Waals surface area contributed by atoms with Gasteiger partial charge in [-0.05, 0) is 24.3 Å². The first kappa shape index (κ1) is 23.3. The second-order valence-electron chi connectivity index (χ2n) is 6.24. The highest BCUT2D eigenvalue weighted by Crippen LogP contribution is 2.35. The summed E-state index contributed by atoms with van der Waals surface area (Å²) in [5.41, 5.74) is 0.819. The lowest BCUT2D eigenvalue weighted by atomic mass is 10.2. The summed E-state index contributed by atoms with van der Waals surface area (Å²) in [6.07, 6.45) is 4.03. The Morgan fingerprint density at radius 1 is 1.31 bits per heavy atom. The number of carbonyl (C=O) groups excluding carboxylic acids is 1. The molecule has 0 aliphatic carbocycles. The first-order chi connectivity index (χ1) is 15.2. The maximum atomic E-state index is 12.6. The highest BCUT2D eigenvalue weighted by Gasteiger charge is 2.19. The third kappa shape index (κ3) is 4.91. The fourth-order valence-corrected chi connectivity index (χ4v) is 4.31. The van der Waals surface area contributed by atoms with E-state index in [4.69, 9.17) is 21.1 Å². The lowest BCUT2D eigenvalue weighted by Gasteiger charge is -2.14. The minimum absolute atomic E-state index is 0.0458. The van der Waals surface area contributed by atoms with E-state index in [0.717, 1.165) is 6.26 Å². The van der Waals surface area contributed by atoms with E-state index >= 15 is 0 Å². The van der Waals surface area contributed by atoms with Gasteiger partial charge in [0, 0.05) is 35.7 Å². The van der Waals surface area contributed by atoms with Crippen LogP contribution in [-0.4, -0.2) is 48.7 Å². The normalized spacial score (nSPS) is 11.7. The molecule has 1 amide bonds. The van der Waals surface area contributed by atoms with E-state index in [9.17, 15) is 18.5 Å². The molecule has 3 aromatic rings. The molecule has 0 unspecified atom stereocenters. The van der Waals surface area contributed by atoms with E-state index in [1.165, 1.54) is 20.3 Å². The zero-order chi connectivity index (χ0) is 23.5. The van der Waals surface area contributed by atoms with E-state index in [1.54, 1.807) is 35.0 Å². The quantitative estimate of drug-likeness (QED) is 0.392. The fourth-order valence-electron chi connectivity index (χ4n) is 2.64. The molecule has 1 N–H and O–H groups in total. The number of benzene rings is 1. The Hall–Kier alpha value is -3.40. The van der Waals surface area contributed by atoms with Crippen molar-refractivity contribution in [2.24, 2.45) is 0 Å². The predicted octanol–water partition coefficient (Wildman–Crippen LogP) is 2.95. The molecule has 1 aromatic carbocycles. The lowest BCUT2D eigenvalue weighted by molar-refractivity contribution is -0.112. The molecule has 13 heteroatoms. The van der Waals surface area contributed by atoms with Crippen molar-refractivity contribution >= 4 is 50.1 Å². The number of hydrogen-bond acceptors (Lipinski definition) is 9. The number of nitrogens with zero attached hydrogens (tertiary/aromatic N) is 4. The number of methoxy groups -OCH3 is 2. The largest absolute Gasteiger partial charge is 0.495 e. The third-order valence-corrected chi connectivity index (χ3v) is 6.00. The van der Waals surface area contributed by atoms with E-state index < -0.39 is 20.9 Å². The third-order valence-electron chi connectivity index (χ3n) is 4.11. The molecule has 0 saturated carbocycles. The van der Waals surface area contributed by atoms with Crippen LogP contribution in [0.2, 0.25) is 5.02 Å². The van der Waals surface area contributed by atoms with Crippen molar-refractivity contribution in [1.82, 2.24) is 13.9 Å². The molecule has 2 heterocycles. The van der Waals surface area contributed by atoms with Crippen LogP contribution in [0, 0.1) is 11.3 Å². The van der Waals surface area contributed by atoms with Crippen molar-refractivity contribution in [2.45, 2.75) is 5.16 Å². The maximum Gasteiger partial charge on any atom is 0.268 e. The van der Waals surface area contributed by atoms with Crippen molar-refractivity contribution in [2.75, 3.05) is 25.8 Å². The van der Waals surface area contributed by atoms with Gasteiger partial charge in [0.05, 0.1) is 24.9 Å². The monoisotopic (exact) mass is 493 g/mol. The highest BCUT2D eigenvalue weighted by molar-refractivity contribution is 7.90. The van der Waals surface area contributed by atoms with Gasteiger partial charge in [0.15, 0.2) is 0 Å². The molecule has 0 bridgehead atoms. The van der Waals surface area contributed by atoms with E-state index in [0.29, 0.717) is 39.4 Å². The molecule has 0 aliphatic heterocycles. The first-order valence-electron chi connectivity index (χ1n) is 8.74. The van der Waals surface area contributed by atoms with Gasteiger partial charge in [-0.2, -0.15) is 14.6 Å². The number of anilines is 1. The Morgan fingerprint density at radius 2 is 2.03 bits per heavy atom. The molecule has 2 aromatic heterocycles. The number of rotatable bonds is 7. The molecule has 0 radical (unpaired) electrons. The lowest BCUT2D eigenvalue weighted by Crippen LogP contribution is -2.14. The summed E-state index contributed by atoms with van der Waals surface area (Å²) in [6.45, 7) is 0. The number of hydrogen-bond donors (Lipinski definition) is 1. The number of amides is 1. The summed E-state index contributed by atoms with van der Waals surface area (Å²) in [5.74, 6) is 0.123. The maximum absolute atomic E-state index is 12.6. The van der Waals surface area contributed by atoms with Crippen molar-refractivity contribution in [3.8, 4) is 23.3 Å². The smallest absolute Gasteiger partial charge is 0.268 e. The van der Waals surface area contributed by atoms with Crippen molar-refractivity contribution in [3.63, 3.8) is 0 Å². The number of ether oxygens (including phenoxy) is 2. The van der Waals surface area contributed by atoms with E-state index in [2.05, 4.69) is 14.7 Å². The minimum atomic E-state index is -3.61. The van der Waals surface area contributed by atoms with Crippen molar-refractivity contribution in [1.29, 1.82) is 5.26 Å². The van der Waals surface area contributed by atoms with Crippen LogP contribution in [0.15, 0.2) is 41.2 Å². The number of halogens is 1. The molecular weight excluding hydrogens is 478 g/mol. The molecule has 10 nitrogen and oxygen atoms in total. The molecular formula is C19H16ClN5O5S2. The Morgan fingerprint density at radius 3 is 2.62 bits per heavy atom. The van der Waals surface area contributed by atoms with Gasteiger partial charge in [0.1, 0.15) is 23.1 Å². The average molecular weight is 494 g/mol. The molecule has 0 aliphatic rings. The molecule has 0 spiro atoms. The SMILES string of the molecule is COc1cc(OC)c(-n2cccc2/C=C(/C#N)C(=O)Nc2nc(S(C)(=O)=O)ns2)cc1Cl. The summed E-state index contributed by atoms with van der Waals surface area (Å²) < 4.78 is 39.0. The van der Waals surface area contributed by atoms with Gasteiger partial charge < -0.3 is 14.0 Å². The fraction of sp³-hybridized carbons (Fsp3) is 0.158. The van der Waals surface area contributed by atoms with Crippen LogP contribution in [0.1, 0.15) is 5.69 Å². The van der Waals surface area contributed by atoms with Crippen LogP contribution >= 0.6 is 23.1 Å². The summed E-state index contributed by atoms with van der Waals surface area (Å²) >= 11 is 6.95. The predicted molar refractivity (Wildman–Crippen MR) is 119 cm³/mol. The van der Waals surface area contributed by atoms with Gasteiger partial charge in [-0.3, -0.25) is 10.1 Å². The van der Waals surface area contributed by atoms with Crippen LogP contribution in [0.4, 0.5) is 5.13 Å². The molecule has 32 heavy (non-hydrogen) atoms. The van der Waals surface area contributed by atoms with Crippen molar-refractivity contribution < 1.29 is 22.7 Å². The Labute approximate surface area is 192 Å². The standard InChI is InChI=1S/C19H16ClN5O5S2/c1-29-15-9-16(30-2)14(8-13(15)20)25-6-4-5-12(25)7-11(10-21)17(26)22-18-23-19(24-31-18)32(3,27)28/h4-9H,1-3H3,(H,22,23,24,26)/b11-7-. The van der Waals surface area contributed by atoms with Gasteiger partial charge in [0.25, 0.3) is 11.1 Å². The Kier molecular flexibility index (Phi) is 6.83. The van der Waals surface area contributed by atoms with Crippen LogP contribution in [0.5, 0.6) is 11.5 Å². The first-order valence-corrected chi connectivity index (χ1v) is 11.8. The Bertz CT molecular complexity index is 1350. The van der Waals surface area contributed by atoms with E-state index in [-0.39, 0.29) is 10.7 Å². The van der Waals surface area contributed by atoms with Crippen LogP contribution < -0.4 is 14.8 Å². The molecule has 0 fully saturated rings. The summed E-state index contributed by atoms with van der Waals surface area (Å²) in [6, 6.07) is 8.50. The number of sulfone groups is 1. The average Bonchev–Trinajstić information content (AvgIpc) is 3.41. The van der Waals surface area contributed by atoms with Gasteiger partial charge in [0.2, 0.25) is 15.0 Å². The second kappa shape index (κ2) is 9.39. The second-order valence-corrected chi connectivity index (χ2v) is 9.31. The summed E-state index contributed by atoms with van der Waals surface area (Å²) in [5, 5.41) is 11.8. The van der Waals surface area contributed by atoms with Gasteiger partial charge in [-0.1, -0.05) is 11.6 Å².